The van der Waals surface area contributed by atoms with Crippen LogP contribution in [-0.2, 0) is 15.7 Å². The van der Waals surface area contributed by atoms with Gasteiger partial charge in [-0.15, -0.1) is 11.3 Å². The van der Waals surface area contributed by atoms with Gasteiger partial charge in [0.15, 0.2) is 0 Å². The van der Waals surface area contributed by atoms with Crippen LogP contribution >= 0.6 is 11.3 Å². The molecule has 0 spiro atoms. The second kappa shape index (κ2) is 6.51. The highest BCUT2D eigenvalue weighted by molar-refractivity contribution is 7.14. The van der Waals surface area contributed by atoms with Gasteiger partial charge < -0.3 is 10.1 Å². The van der Waals surface area contributed by atoms with Crippen molar-refractivity contribution in [2.45, 2.75) is 18.5 Å². The van der Waals surface area contributed by atoms with E-state index in [0.717, 1.165) is 12.1 Å². The molecular formula is C17H14F3NO3S. The van der Waals surface area contributed by atoms with E-state index in [1.807, 2.05) is 0 Å². The fraction of sp³-hybridized carbons (Fsp3) is 0.294. The zero-order chi connectivity index (χ0) is 18.2. The normalized spacial score (nSPS) is 19.4. The molecule has 1 aromatic carbocycles. The summed E-state index contributed by atoms with van der Waals surface area (Å²) in [6, 6.07) is 6.43. The first-order valence-electron chi connectivity index (χ1n) is 7.45. The summed E-state index contributed by atoms with van der Waals surface area (Å²) in [5, 5.41) is 4.78. The van der Waals surface area contributed by atoms with Crippen molar-refractivity contribution < 1.29 is 27.5 Å². The molecule has 1 aliphatic rings. The molecule has 4 nitrogen and oxygen atoms in total. The summed E-state index contributed by atoms with van der Waals surface area (Å²) in [6.07, 6.45) is -3.81. The fourth-order valence-electron chi connectivity index (χ4n) is 2.65. The molecule has 1 aromatic heterocycles. The maximum absolute atomic E-state index is 12.6. The SMILES string of the molecule is COC(=O)c1ccsc1NC(=O)C1CC1c1ccc(C(F)(F)F)cc1. The van der Waals surface area contributed by atoms with Crippen LogP contribution in [0.1, 0.15) is 33.8 Å². The van der Waals surface area contributed by atoms with E-state index in [9.17, 15) is 22.8 Å². The van der Waals surface area contributed by atoms with Gasteiger partial charge in [0.2, 0.25) is 5.91 Å². The highest BCUT2D eigenvalue weighted by Crippen LogP contribution is 2.48. The lowest BCUT2D eigenvalue weighted by Gasteiger charge is -2.08. The largest absolute Gasteiger partial charge is 0.465 e. The zero-order valence-corrected chi connectivity index (χ0v) is 13.9. The third-order valence-corrected chi connectivity index (χ3v) is 4.93. The molecule has 25 heavy (non-hydrogen) atoms. The van der Waals surface area contributed by atoms with Gasteiger partial charge in [0.05, 0.1) is 18.2 Å². The molecule has 1 aliphatic carbocycles. The van der Waals surface area contributed by atoms with Crippen molar-refractivity contribution in [3.8, 4) is 0 Å². The Bertz CT molecular complexity index is 798. The zero-order valence-electron chi connectivity index (χ0n) is 13.1. The number of rotatable bonds is 4. The summed E-state index contributed by atoms with van der Waals surface area (Å²) >= 11 is 1.21. The summed E-state index contributed by atoms with van der Waals surface area (Å²) in [5.74, 6) is -1.21. The molecule has 2 unspecified atom stereocenters. The van der Waals surface area contributed by atoms with Crippen molar-refractivity contribution in [2.24, 2.45) is 5.92 Å². The summed E-state index contributed by atoms with van der Waals surface area (Å²) in [7, 11) is 1.26. The van der Waals surface area contributed by atoms with Crippen LogP contribution < -0.4 is 5.32 Å². The molecule has 0 bridgehead atoms. The molecular weight excluding hydrogens is 355 g/mol. The topological polar surface area (TPSA) is 55.4 Å². The minimum absolute atomic E-state index is 0.108. The first kappa shape index (κ1) is 17.5. The molecule has 1 amide bonds. The van der Waals surface area contributed by atoms with Crippen molar-refractivity contribution >= 4 is 28.2 Å². The number of anilines is 1. The maximum atomic E-state index is 12.6. The van der Waals surface area contributed by atoms with Crippen LogP contribution in [0.4, 0.5) is 18.2 Å². The molecule has 1 fully saturated rings. The van der Waals surface area contributed by atoms with Gasteiger partial charge in [-0.3, -0.25) is 4.79 Å². The first-order chi connectivity index (χ1) is 11.8. The Morgan fingerprint density at radius 2 is 1.88 bits per heavy atom. The van der Waals surface area contributed by atoms with Crippen LogP contribution in [0.5, 0.6) is 0 Å². The third-order valence-electron chi connectivity index (χ3n) is 4.10. The number of thiophene rings is 1. The van der Waals surface area contributed by atoms with E-state index in [0.29, 0.717) is 17.0 Å². The van der Waals surface area contributed by atoms with Crippen molar-refractivity contribution in [2.75, 3.05) is 12.4 Å². The van der Waals surface area contributed by atoms with Crippen LogP contribution in [0, 0.1) is 5.92 Å². The number of nitrogens with one attached hydrogen (secondary N) is 1. The Labute approximate surface area is 145 Å². The molecule has 1 heterocycles. The highest BCUT2D eigenvalue weighted by Gasteiger charge is 2.44. The predicted molar refractivity (Wildman–Crippen MR) is 86.6 cm³/mol. The summed E-state index contributed by atoms with van der Waals surface area (Å²) in [5.41, 5.74) is 0.277. The average Bonchev–Trinajstić information content (AvgIpc) is 3.26. The second-order valence-electron chi connectivity index (χ2n) is 5.71. The Balaban J connectivity index is 1.65. The Kier molecular flexibility index (Phi) is 4.55. The fourth-order valence-corrected chi connectivity index (χ4v) is 3.43. The van der Waals surface area contributed by atoms with E-state index in [2.05, 4.69) is 10.1 Å². The standard InChI is InChI=1S/C17H14F3NO3S/c1-24-16(23)11-6-7-25-15(11)21-14(22)13-8-12(13)9-2-4-10(5-3-9)17(18,19)20/h2-7,12-13H,8H2,1H3,(H,21,22). The van der Waals surface area contributed by atoms with Crippen molar-refractivity contribution in [3.05, 3.63) is 52.4 Å². The second-order valence-corrected chi connectivity index (χ2v) is 6.63. The number of carbonyl (C=O) groups excluding carboxylic acids is 2. The molecule has 1 saturated carbocycles. The maximum Gasteiger partial charge on any atom is 0.416 e. The molecule has 0 aliphatic heterocycles. The number of benzene rings is 1. The molecule has 8 heteroatoms. The number of halogens is 3. The van der Waals surface area contributed by atoms with Gasteiger partial charge >= 0.3 is 12.1 Å². The van der Waals surface area contributed by atoms with E-state index in [1.165, 1.54) is 30.6 Å². The summed E-state index contributed by atoms with van der Waals surface area (Å²) in [6.45, 7) is 0. The first-order valence-corrected chi connectivity index (χ1v) is 8.33. The number of hydrogen-bond donors (Lipinski definition) is 1. The Morgan fingerprint density at radius 1 is 1.20 bits per heavy atom. The lowest BCUT2D eigenvalue weighted by Crippen LogP contribution is -2.16. The number of esters is 1. The van der Waals surface area contributed by atoms with Gasteiger partial charge in [0, 0.05) is 5.92 Å². The minimum atomic E-state index is -4.37. The van der Waals surface area contributed by atoms with Gasteiger partial charge in [-0.2, -0.15) is 13.2 Å². The van der Waals surface area contributed by atoms with Gasteiger partial charge in [0.25, 0.3) is 0 Å². The van der Waals surface area contributed by atoms with Gasteiger partial charge in [-0.1, -0.05) is 12.1 Å². The number of ether oxygens (including phenoxy) is 1. The lowest BCUT2D eigenvalue weighted by molar-refractivity contribution is -0.137. The predicted octanol–water partition coefficient (Wildman–Crippen LogP) is 4.30. The van der Waals surface area contributed by atoms with E-state index < -0.39 is 17.7 Å². The molecule has 0 radical (unpaired) electrons. The van der Waals surface area contributed by atoms with Gasteiger partial charge in [-0.05, 0) is 41.5 Å². The third kappa shape index (κ3) is 3.68. The van der Waals surface area contributed by atoms with Crippen molar-refractivity contribution in [1.82, 2.24) is 0 Å². The molecule has 3 rings (SSSR count). The smallest absolute Gasteiger partial charge is 0.416 e. The number of hydrogen-bond acceptors (Lipinski definition) is 4. The van der Waals surface area contributed by atoms with Crippen LogP contribution in [0.3, 0.4) is 0 Å². The van der Waals surface area contributed by atoms with Crippen LogP contribution in [0.25, 0.3) is 0 Å². The molecule has 0 saturated heterocycles. The molecule has 2 atom stereocenters. The van der Waals surface area contributed by atoms with E-state index >= 15 is 0 Å². The number of amides is 1. The number of methoxy groups -OCH3 is 1. The van der Waals surface area contributed by atoms with Gasteiger partial charge in [0.1, 0.15) is 5.00 Å². The van der Waals surface area contributed by atoms with Crippen molar-refractivity contribution in [3.63, 3.8) is 0 Å². The summed E-state index contributed by atoms with van der Waals surface area (Å²) < 4.78 is 42.4. The molecule has 2 aromatic rings. The van der Waals surface area contributed by atoms with Crippen molar-refractivity contribution in [1.29, 1.82) is 0 Å². The van der Waals surface area contributed by atoms with E-state index in [4.69, 9.17) is 0 Å². The van der Waals surface area contributed by atoms with E-state index in [1.54, 1.807) is 11.4 Å². The van der Waals surface area contributed by atoms with Crippen LogP contribution in [-0.4, -0.2) is 19.0 Å². The van der Waals surface area contributed by atoms with Crippen LogP contribution in [0.15, 0.2) is 35.7 Å². The summed E-state index contributed by atoms with van der Waals surface area (Å²) in [4.78, 5) is 23.9. The highest BCUT2D eigenvalue weighted by atomic mass is 32.1. The Hall–Kier alpha value is -2.35. The average molecular weight is 369 g/mol. The van der Waals surface area contributed by atoms with Crippen LogP contribution in [0.2, 0.25) is 0 Å². The number of alkyl halides is 3. The molecule has 1 N–H and O–H groups in total. The Morgan fingerprint density at radius 3 is 2.48 bits per heavy atom. The van der Waals surface area contributed by atoms with Gasteiger partial charge in [-0.25, -0.2) is 4.79 Å². The quantitative estimate of drug-likeness (QED) is 0.818. The molecule has 132 valence electrons. The van der Waals surface area contributed by atoms with E-state index in [-0.39, 0.29) is 23.3 Å². The monoisotopic (exact) mass is 369 g/mol. The number of carbonyl (C=O) groups is 2. The lowest BCUT2D eigenvalue weighted by atomic mass is 10.1. The minimum Gasteiger partial charge on any atom is -0.465 e.